The average Bonchev–Trinajstić information content (AvgIpc) is 2.28. The van der Waals surface area contributed by atoms with E-state index in [9.17, 15) is 4.79 Å². The fraction of sp³-hybridized carbons (Fsp3) is 0.929. The molecule has 19 heavy (non-hydrogen) atoms. The van der Waals surface area contributed by atoms with Gasteiger partial charge in [0, 0.05) is 18.1 Å². The summed E-state index contributed by atoms with van der Waals surface area (Å²) < 4.78 is 0. The third-order valence-corrected chi connectivity index (χ3v) is 3.72. The first-order chi connectivity index (χ1) is 8.43. The van der Waals surface area contributed by atoms with E-state index in [1.54, 1.807) is 0 Å². The second-order valence-electron chi connectivity index (χ2n) is 5.88. The molecular weight excluding hydrogens is 262 g/mol. The Labute approximate surface area is 124 Å². The highest BCUT2D eigenvalue weighted by atomic mass is 35.5. The maximum atomic E-state index is 12.3. The molecule has 1 fully saturated rings. The van der Waals surface area contributed by atoms with Crippen LogP contribution in [0, 0.1) is 0 Å². The molecule has 1 aliphatic heterocycles. The lowest BCUT2D eigenvalue weighted by Crippen LogP contribution is -2.49. The van der Waals surface area contributed by atoms with Crippen molar-refractivity contribution >= 4 is 18.3 Å². The highest BCUT2D eigenvalue weighted by Crippen LogP contribution is 2.12. The average molecular weight is 292 g/mol. The van der Waals surface area contributed by atoms with E-state index < -0.39 is 0 Å². The molecule has 0 spiro atoms. The van der Waals surface area contributed by atoms with Gasteiger partial charge >= 0.3 is 0 Å². The van der Waals surface area contributed by atoms with Crippen LogP contribution in [0.25, 0.3) is 0 Å². The minimum atomic E-state index is 0. The molecule has 0 aromatic heterocycles. The van der Waals surface area contributed by atoms with Crippen LogP contribution in [0.2, 0.25) is 0 Å². The summed E-state index contributed by atoms with van der Waals surface area (Å²) in [6, 6.07) is 1.11. The maximum Gasteiger partial charge on any atom is 0.237 e. The molecule has 4 nitrogen and oxygen atoms in total. The molecule has 0 aliphatic carbocycles. The van der Waals surface area contributed by atoms with Crippen molar-refractivity contribution in [3.63, 3.8) is 0 Å². The van der Waals surface area contributed by atoms with E-state index in [0.29, 0.717) is 12.6 Å². The summed E-state index contributed by atoms with van der Waals surface area (Å²) in [4.78, 5) is 16.6. The Morgan fingerprint density at radius 2 is 1.63 bits per heavy atom. The molecule has 0 radical (unpaired) electrons. The number of likely N-dealkylation sites (N-methyl/N-ethyl adjacent to an activating group) is 1. The van der Waals surface area contributed by atoms with Crippen LogP contribution in [0.4, 0.5) is 0 Å². The van der Waals surface area contributed by atoms with Gasteiger partial charge in [0.25, 0.3) is 0 Å². The number of carbonyl (C=O) groups excluding carboxylic acids is 1. The highest BCUT2D eigenvalue weighted by Gasteiger charge is 2.24. The molecule has 1 aliphatic rings. The summed E-state index contributed by atoms with van der Waals surface area (Å²) in [6.07, 6.45) is 2.29. The molecule has 0 atom stereocenters. The van der Waals surface area contributed by atoms with E-state index in [-0.39, 0.29) is 30.4 Å². The van der Waals surface area contributed by atoms with Gasteiger partial charge in [-0.3, -0.25) is 9.69 Å². The van der Waals surface area contributed by atoms with Crippen molar-refractivity contribution in [2.75, 3.05) is 26.7 Å². The van der Waals surface area contributed by atoms with E-state index >= 15 is 0 Å². The van der Waals surface area contributed by atoms with Gasteiger partial charge in [-0.05, 0) is 60.7 Å². The Morgan fingerprint density at radius 1 is 1.16 bits per heavy atom. The van der Waals surface area contributed by atoms with Crippen LogP contribution >= 0.6 is 12.4 Å². The van der Waals surface area contributed by atoms with Gasteiger partial charge in [-0.1, -0.05) is 0 Å². The largest absolute Gasteiger partial charge is 0.337 e. The summed E-state index contributed by atoms with van der Waals surface area (Å²) in [5.41, 5.74) is 0. The van der Waals surface area contributed by atoms with Crippen molar-refractivity contribution in [1.29, 1.82) is 0 Å². The van der Waals surface area contributed by atoms with Gasteiger partial charge in [0.2, 0.25) is 5.91 Å². The summed E-state index contributed by atoms with van der Waals surface area (Å²) in [7, 11) is 2.08. The summed E-state index contributed by atoms with van der Waals surface area (Å²) in [6.45, 7) is 11.0. The molecule has 0 aromatic rings. The summed E-state index contributed by atoms with van der Waals surface area (Å²) >= 11 is 0. The standard InChI is InChI=1S/C14H29N3O.ClH/c1-11(2)17(12(3)4)14(18)10-16(5)13-6-8-15-9-7-13;/h11-13,15H,6-10H2,1-5H3;1H. The van der Waals surface area contributed by atoms with E-state index in [4.69, 9.17) is 0 Å². The number of hydrogen-bond acceptors (Lipinski definition) is 3. The first-order valence-corrected chi connectivity index (χ1v) is 7.15. The Balaban J connectivity index is 0.00000324. The van der Waals surface area contributed by atoms with Crippen LogP contribution in [0.5, 0.6) is 0 Å². The first-order valence-electron chi connectivity index (χ1n) is 7.15. The Hall–Kier alpha value is -0.320. The molecule has 0 bridgehead atoms. The van der Waals surface area contributed by atoms with Gasteiger partial charge in [0.15, 0.2) is 0 Å². The SMILES string of the molecule is CC(C)N(C(=O)CN(C)C1CCNCC1)C(C)C.Cl. The third kappa shape index (κ3) is 5.67. The topological polar surface area (TPSA) is 35.6 Å². The maximum absolute atomic E-state index is 12.3. The molecular formula is C14H30ClN3O. The van der Waals surface area contributed by atoms with Crippen LogP contribution < -0.4 is 5.32 Å². The number of nitrogens with zero attached hydrogens (tertiary/aromatic N) is 2. The zero-order valence-corrected chi connectivity index (χ0v) is 13.8. The zero-order chi connectivity index (χ0) is 13.7. The molecule has 1 heterocycles. The molecule has 114 valence electrons. The third-order valence-electron chi connectivity index (χ3n) is 3.72. The molecule has 0 saturated carbocycles. The minimum absolute atomic E-state index is 0. The number of amides is 1. The molecule has 1 rings (SSSR count). The van der Waals surface area contributed by atoms with E-state index in [1.165, 1.54) is 0 Å². The quantitative estimate of drug-likeness (QED) is 0.838. The monoisotopic (exact) mass is 291 g/mol. The van der Waals surface area contributed by atoms with Gasteiger partial charge in [-0.2, -0.15) is 0 Å². The normalized spacial score (nSPS) is 16.8. The van der Waals surface area contributed by atoms with Gasteiger partial charge in [0.05, 0.1) is 6.54 Å². The van der Waals surface area contributed by atoms with Crippen LogP contribution in [0.3, 0.4) is 0 Å². The minimum Gasteiger partial charge on any atom is -0.337 e. The van der Waals surface area contributed by atoms with E-state index in [0.717, 1.165) is 25.9 Å². The molecule has 1 saturated heterocycles. The van der Waals surface area contributed by atoms with E-state index in [2.05, 4.69) is 45.0 Å². The van der Waals surface area contributed by atoms with E-state index in [1.807, 2.05) is 4.90 Å². The van der Waals surface area contributed by atoms with Crippen LogP contribution in [-0.4, -0.2) is 60.5 Å². The van der Waals surface area contributed by atoms with Gasteiger partial charge in [0.1, 0.15) is 0 Å². The lowest BCUT2D eigenvalue weighted by molar-refractivity contribution is -0.136. The Kier molecular flexibility index (Phi) is 8.62. The number of halogens is 1. The lowest BCUT2D eigenvalue weighted by Gasteiger charge is -2.35. The van der Waals surface area contributed by atoms with Crippen LogP contribution in [0.15, 0.2) is 0 Å². The number of piperidine rings is 1. The van der Waals surface area contributed by atoms with Crippen molar-refractivity contribution in [2.24, 2.45) is 0 Å². The van der Waals surface area contributed by atoms with Crippen molar-refractivity contribution in [3.05, 3.63) is 0 Å². The second kappa shape index (κ2) is 8.77. The number of nitrogens with one attached hydrogen (secondary N) is 1. The molecule has 0 aromatic carbocycles. The van der Waals surface area contributed by atoms with Crippen molar-refractivity contribution in [2.45, 2.75) is 58.7 Å². The molecule has 5 heteroatoms. The van der Waals surface area contributed by atoms with Gasteiger partial charge in [-0.25, -0.2) is 0 Å². The number of rotatable bonds is 5. The zero-order valence-electron chi connectivity index (χ0n) is 13.0. The second-order valence-corrected chi connectivity index (χ2v) is 5.88. The summed E-state index contributed by atoms with van der Waals surface area (Å²) in [5, 5.41) is 3.36. The van der Waals surface area contributed by atoms with Crippen molar-refractivity contribution in [1.82, 2.24) is 15.1 Å². The number of hydrogen-bond donors (Lipinski definition) is 1. The van der Waals surface area contributed by atoms with Crippen LogP contribution in [0.1, 0.15) is 40.5 Å². The smallest absolute Gasteiger partial charge is 0.237 e. The highest BCUT2D eigenvalue weighted by molar-refractivity contribution is 5.85. The summed E-state index contributed by atoms with van der Waals surface area (Å²) in [5.74, 6) is 0.251. The molecule has 1 N–H and O–H groups in total. The fourth-order valence-electron chi connectivity index (χ4n) is 2.84. The Morgan fingerprint density at radius 3 is 2.05 bits per heavy atom. The fourth-order valence-corrected chi connectivity index (χ4v) is 2.84. The lowest BCUT2D eigenvalue weighted by atomic mass is 10.1. The molecule has 0 unspecified atom stereocenters. The predicted molar refractivity (Wildman–Crippen MR) is 82.9 cm³/mol. The van der Waals surface area contributed by atoms with Crippen LogP contribution in [-0.2, 0) is 4.79 Å². The first kappa shape index (κ1) is 18.7. The predicted octanol–water partition coefficient (Wildman–Crippen LogP) is 1.74. The van der Waals surface area contributed by atoms with Crippen molar-refractivity contribution in [3.8, 4) is 0 Å². The Bertz CT molecular complexity index is 257. The van der Waals surface area contributed by atoms with Gasteiger partial charge in [-0.15, -0.1) is 12.4 Å². The number of carbonyl (C=O) groups is 1. The van der Waals surface area contributed by atoms with Crippen molar-refractivity contribution < 1.29 is 4.79 Å². The van der Waals surface area contributed by atoms with Gasteiger partial charge < -0.3 is 10.2 Å². The molecule has 1 amide bonds.